The van der Waals surface area contributed by atoms with E-state index in [0.29, 0.717) is 5.92 Å². The topological polar surface area (TPSA) is 42.2 Å². The summed E-state index contributed by atoms with van der Waals surface area (Å²) in [5.41, 5.74) is 3.47. The number of hydrogen-bond donors (Lipinski definition) is 1. The minimum absolute atomic E-state index is 0.278. The fourth-order valence-electron chi connectivity index (χ4n) is 3.07. The standard InChI is InChI=1S/C17H17FN4/c18-13-6-7-17-20-10-16(22(17)11-13)15-5-1-4-14(21-15)12-3-2-8-19-9-12/h1,4-7,10-12,19H,2-3,8-9H2/t12-/m0/s1. The van der Waals surface area contributed by atoms with E-state index in [4.69, 9.17) is 4.98 Å². The zero-order chi connectivity index (χ0) is 14.9. The van der Waals surface area contributed by atoms with Gasteiger partial charge in [-0.25, -0.2) is 9.37 Å². The number of hydrogen-bond acceptors (Lipinski definition) is 3. The van der Waals surface area contributed by atoms with Crippen LogP contribution in [0.15, 0.2) is 42.7 Å². The van der Waals surface area contributed by atoms with Crippen LogP contribution in [0.1, 0.15) is 24.5 Å². The van der Waals surface area contributed by atoms with E-state index in [0.717, 1.165) is 42.2 Å². The summed E-state index contributed by atoms with van der Waals surface area (Å²) in [4.78, 5) is 9.12. The van der Waals surface area contributed by atoms with Crippen LogP contribution in [0.25, 0.3) is 17.0 Å². The highest BCUT2D eigenvalue weighted by Gasteiger charge is 2.17. The van der Waals surface area contributed by atoms with E-state index in [1.165, 1.54) is 18.7 Å². The Labute approximate surface area is 128 Å². The van der Waals surface area contributed by atoms with E-state index in [9.17, 15) is 4.39 Å². The Balaban J connectivity index is 1.76. The minimum Gasteiger partial charge on any atom is -0.316 e. The van der Waals surface area contributed by atoms with Gasteiger partial charge in [0.25, 0.3) is 0 Å². The SMILES string of the molecule is Fc1ccc2ncc(-c3cccc([C@H]4CCCNC4)n3)n2c1. The molecule has 1 atom stereocenters. The molecule has 4 nitrogen and oxygen atoms in total. The Hall–Kier alpha value is -2.27. The average molecular weight is 296 g/mol. The molecule has 1 saturated heterocycles. The van der Waals surface area contributed by atoms with Crippen LogP contribution >= 0.6 is 0 Å². The number of halogens is 1. The number of nitrogens with one attached hydrogen (secondary N) is 1. The van der Waals surface area contributed by atoms with E-state index in [1.807, 2.05) is 12.1 Å². The molecule has 3 aromatic rings. The van der Waals surface area contributed by atoms with Crippen molar-refractivity contribution in [3.63, 3.8) is 0 Å². The molecule has 0 bridgehead atoms. The van der Waals surface area contributed by atoms with Gasteiger partial charge in [-0.15, -0.1) is 0 Å². The Kier molecular flexibility index (Phi) is 3.35. The maximum atomic E-state index is 13.5. The van der Waals surface area contributed by atoms with E-state index < -0.39 is 0 Å². The predicted octanol–water partition coefficient (Wildman–Crippen LogP) is 3.00. The van der Waals surface area contributed by atoms with Gasteiger partial charge in [0.1, 0.15) is 11.5 Å². The maximum absolute atomic E-state index is 13.5. The number of imidazole rings is 1. The normalized spacial score (nSPS) is 18.7. The summed E-state index contributed by atoms with van der Waals surface area (Å²) in [5.74, 6) is 0.170. The van der Waals surface area contributed by atoms with Crippen molar-refractivity contribution in [2.24, 2.45) is 0 Å². The van der Waals surface area contributed by atoms with Crippen molar-refractivity contribution >= 4 is 5.65 Å². The average Bonchev–Trinajstić information content (AvgIpc) is 2.99. The number of aromatic nitrogens is 3. The number of piperidine rings is 1. The molecule has 0 amide bonds. The lowest BCUT2D eigenvalue weighted by Gasteiger charge is -2.22. The fourth-order valence-corrected chi connectivity index (χ4v) is 3.07. The Morgan fingerprint density at radius 1 is 1.23 bits per heavy atom. The number of pyridine rings is 2. The summed E-state index contributed by atoms with van der Waals surface area (Å²) in [7, 11) is 0. The van der Waals surface area contributed by atoms with Crippen LogP contribution in [0.5, 0.6) is 0 Å². The third kappa shape index (κ3) is 2.37. The van der Waals surface area contributed by atoms with Crippen molar-refractivity contribution < 1.29 is 4.39 Å². The van der Waals surface area contributed by atoms with Crippen LogP contribution < -0.4 is 5.32 Å². The molecule has 1 aliphatic heterocycles. The predicted molar refractivity (Wildman–Crippen MR) is 83.2 cm³/mol. The van der Waals surface area contributed by atoms with Crippen LogP contribution in [0.4, 0.5) is 4.39 Å². The zero-order valence-electron chi connectivity index (χ0n) is 12.2. The molecule has 0 unspecified atom stereocenters. The lowest BCUT2D eigenvalue weighted by atomic mass is 9.95. The summed E-state index contributed by atoms with van der Waals surface area (Å²) in [6.07, 6.45) is 5.54. The molecule has 0 saturated carbocycles. The van der Waals surface area contributed by atoms with Gasteiger partial charge in [0.2, 0.25) is 0 Å². The van der Waals surface area contributed by atoms with Gasteiger partial charge in [0, 0.05) is 24.4 Å². The number of fused-ring (bicyclic) bond motifs is 1. The first-order valence-corrected chi connectivity index (χ1v) is 7.62. The number of rotatable bonds is 2. The fraction of sp³-hybridized carbons (Fsp3) is 0.294. The van der Waals surface area contributed by atoms with Gasteiger partial charge in [-0.3, -0.25) is 9.38 Å². The second kappa shape index (κ2) is 5.50. The molecule has 0 aromatic carbocycles. The molecular formula is C17H17FN4. The zero-order valence-corrected chi connectivity index (χ0v) is 12.2. The molecule has 4 rings (SSSR count). The van der Waals surface area contributed by atoms with Gasteiger partial charge in [0.15, 0.2) is 0 Å². The second-order valence-corrected chi connectivity index (χ2v) is 5.71. The molecule has 3 aromatic heterocycles. The van der Waals surface area contributed by atoms with Crippen LogP contribution in [0, 0.1) is 5.82 Å². The highest BCUT2D eigenvalue weighted by Crippen LogP contribution is 2.25. The quantitative estimate of drug-likeness (QED) is 0.790. The van der Waals surface area contributed by atoms with E-state index >= 15 is 0 Å². The van der Waals surface area contributed by atoms with E-state index in [2.05, 4.69) is 16.4 Å². The summed E-state index contributed by atoms with van der Waals surface area (Å²) in [5, 5.41) is 3.42. The molecule has 0 radical (unpaired) electrons. The maximum Gasteiger partial charge on any atom is 0.139 e. The highest BCUT2D eigenvalue weighted by molar-refractivity contribution is 5.60. The monoisotopic (exact) mass is 296 g/mol. The summed E-state index contributed by atoms with van der Waals surface area (Å²) >= 11 is 0. The van der Waals surface area contributed by atoms with Crippen molar-refractivity contribution in [3.8, 4) is 11.4 Å². The second-order valence-electron chi connectivity index (χ2n) is 5.71. The molecule has 112 valence electrons. The van der Waals surface area contributed by atoms with Gasteiger partial charge >= 0.3 is 0 Å². The highest BCUT2D eigenvalue weighted by atomic mass is 19.1. The first-order chi connectivity index (χ1) is 10.8. The molecular weight excluding hydrogens is 279 g/mol. The number of nitrogens with zero attached hydrogens (tertiary/aromatic N) is 3. The Morgan fingerprint density at radius 2 is 2.18 bits per heavy atom. The van der Waals surface area contributed by atoms with E-state index in [1.54, 1.807) is 16.7 Å². The first kappa shape index (κ1) is 13.4. The molecule has 0 spiro atoms. The van der Waals surface area contributed by atoms with Crippen LogP contribution in [-0.4, -0.2) is 27.5 Å². The molecule has 1 fully saturated rings. The molecule has 1 N–H and O–H groups in total. The largest absolute Gasteiger partial charge is 0.316 e. The molecule has 5 heteroatoms. The van der Waals surface area contributed by atoms with Crippen molar-refractivity contribution in [3.05, 3.63) is 54.2 Å². The summed E-state index contributed by atoms with van der Waals surface area (Å²) in [6, 6.07) is 9.14. The van der Waals surface area contributed by atoms with Crippen molar-refractivity contribution in [1.82, 2.24) is 19.7 Å². The molecule has 0 aliphatic carbocycles. The summed E-state index contributed by atoms with van der Waals surface area (Å²) in [6.45, 7) is 2.06. The van der Waals surface area contributed by atoms with Crippen LogP contribution in [0.3, 0.4) is 0 Å². The van der Waals surface area contributed by atoms with Crippen LogP contribution in [0.2, 0.25) is 0 Å². The minimum atomic E-state index is -0.278. The van der Waals surface area contributed by atoms with Gasteiger partial charge in [-0.05, 0) is 43.7 Å². The van der Waals surface area contributed by atoms with Gasteiger partial charge in [-0.2, -0.15) is 0 Å². The molecule has 22 heavy (non-hydrogen) atoms. The Bertz CT molecular complexity index is 805. The lowest BCUT2D eigenvalue weighted by Crippen LogP contribution is -2.28. The van der Waals surface area contributed by atoms with Gasteiger partial charge < -0.3 is 5.32 Å². The summed E-state index contributed by atoms with van der Waals surface area (Å²) < 4.78 is 15.3. The van der Waals surface area contributed by atoms with Crippen molar-refractivity contribution in [2.75, 3.05) is 13.1 Å². The smallest absolute Gasteiger partial charge is 0.139 e. The third-order valence-corrected chi connectivity index (χ3v) is 4.22. The first-order valence-electron chi connectivity index (χ1n) is 7.62. The molecule has 1 aliphatic rings. The van der Waals surface area contributed by atoms with Gasteiger partial charge in [-0.1, -0.05) is 6.07 Å². The Morgan fingerprint density at radius 3 is 3.05 bits per heavy atom. The van der Waals surface area contributed by atoms with Gasteiger partial charge in [0.05, 0.1) is 17.6 Å². The lowest BCUT2D eigenvalue weighted by molar-refractivity contribution is 0.455. The molecule has 4 heterocycles. The van der Waals surface area contributed by atoms with Crippen LogP contribution in [-0.2, 0) is 0 Å². The third-order valence-electron chi connectivity index (χ3n) is 4.22. The van der Waals surface area contributed by atoms with Crippen molar-refractivity contribution in [1.29, 1.82) is 0 Å². The van der Waals surface area contributed by atoms with E-state index in [-0.39, 0.29) is 5.82 Å². The van der Waals surface area contributed by atoms with Crippen molar-refractivity contribution in [2.45, 2.75) is 18.8 Å².